The van der Waals surface area contributed by atoms with E-state index in [1.54, 1.807) is 0 Å². The van der Waals surface area contributed by atoms with Crippen molar-refractivity contribution in [3.8, 4) is 0 Å². The zero-order chi connectivity index (χ0) is 29.8. The Bertz CT molecular complexity index is 1140. The Hall–Kier alpha value is -2.62. The highest BCUT2D eigenvalue weighted by molar-refractivity contribution is 5.98. The molecule has 0 heterocycles. The van der Waals surface area contributed by atoms with Crippen molar-refractivity contribution in [1.82, 2.24) is 0 Å². The Balaban J connectivity index is 1.80. The molecule has 4 nitrogen and oxygen atoms in total. The zero-order valence-corrected chi connectivity index (χ0v) is 26.0. The first-order chi connectivity index (χ1) is 19.7. The summed E-state index contributed by atoms with van der Waals surface area (Å²) in [6.07, 6.45) is 16.5. The van der Waals surface area contributed by atoms with Crippen molar-refractivity contribution in [2.75, 3.05) is 0 Å². The lowest BCUT2D eigenvalue weighted by Gasteiger charge is -2.34. The molecule has 41 heavy (non-hydrogen) atoms. The molecule has 0 saturated carbocycles. The third kappa shape index (κ3) is 9.72. The minimum absolute atomic E-state index is 0.417. The van der Waals surface area contributed by atoms with Crippen LogP contribution in [0.25, 0.3) is 16.8 Å². The fraction of sp³-hybridized carbons (Fsp3) is 0.622. The minimum atomic E-state index is -0.832. The van der Waals surface area contributed by atoms with Gasteiger partial charge < -0.3 is 10.2 Å². The Morgan fingerprint density at radius 2 is 1.17 bits per heavy atom. The molecule has 1 aliphatic rings. The maximum absolute atomic E-state index is 12.8. The number of carbonyl (C=O) groups is 2. The highest BCUT2D eigenvalue weighted by Gasteiger charge is 2.39. The molecule has 3 atom stereocenters. The summed E-state index contributed by atoms with van der Waals surface area (Å²) >= 11 is 0. The van der Waals surface area contributed by atoms with Crippen LogP contribution in [-0.2, 0) is 9.59 Å². The first-order valence-corrected chi connectivity index (χ1v) is 16.4. The molecule has 0 spiro atoms. The van der Waals surface area contributed by atoms with Gasteiger partial charge in [-0.15, -0.1) is 0 Å². The van der Waals surface area contributed by atoms with Gasteiger partial charge in [-0.2, -0.15) is 0 Å². The Kier molecular flexibility index (Phi) is 13.4. The predicted octanol–water partition coefficient (Wildman–Crippen LogP) is 10.5. The predicted molar refractivity (Wildman–Crippen MR) is 171 cm³/mol. The number of hydrogen-bond acceptors (Lipinski definition) is 2. The van der Waals surface area contributed by atoms with Crippen LogP contribution in [0.2, 0.25) is 0 Å². The summed E-state index contributed by atoms with van der Waals surface area (Å²) in [6, 6.07) is 12.2. The monoisotopic (exact) mass is 562 g/mol. The molecule has 0 aliphatic heterocycles. The Morgan fingerprint density at radius 1 is 0.659 bits per heavy atom. The molecule has 0 bridgehead atoms. The van der Waals surface area contributed by atoms with E-state index < -0.39 is 29.7 Å². The van der Waals surface area contributed by atoms with Gasteiger partial charge in [-0.25, -0.2) is 0 Å². The fourth-order valence-corrected chi connectivity index (χ4v) is 6.74. The van der Waals surface area contributed by atoms with Gasteiger partial charge in [0.05, 0.1) is 11.8 Å². The number of carboxylic acid groups (broad SMARTS) is 2. The van der Waals surface area contributed by atoms with Crippen LogP contribution in [-0.4, -0.2) is 22.2 Å². The number of carboxylic acids is 2. The van der Waals surface area contributed by atoms with Gasteiger partial charge in [0.15, 0.2) is 0 Å². The van der Waals surface area contributed by atoms with Crippen LogP contribution in [0.4, 0.5) is 0 Å². The molecule has 3 rings (SSSR count). The molecule has 4 heteroatoms. The molecule has 3 unspecified atom stereocenters. The number of hydrogen-bond donors (Lipinski definition) is 2. The van der Waals surface area contributed by atoms with E-state index in [0.29, 0.717) is 12.8 Å². The third-order valence-electron chi connectivity index (χ3n) is 8.98. The van der Waals surface area contributed by atoms with Crippen molar-refractivity contribution in [3.05, 3.63) is 53.1 Å². The summed E-state index contributed by atoms with van der Waals surface area (Å²) < 4.78 is 0. The fourth-order valence-electron chi connectivity index (χ4n) is 6.74. The van der Waals surface area contributed by atoms with Crippen LogP contribution in [0, 0.1) is 23.7 Å². The molecule has 0 saturated heterocycles. The van der Waals surface area contributed by atoms with Crippen LogP contribution >= 0.6 is 0 Å². The highest BCUT2D eigenvalue weighted by atomic mass is 16.4. The third-order valence-corrected chi connectivity index (χ3v) is 8.98. The number of aliphatic carboxylic acids is 2. The summed E-state index contributed by atoms with van der Waals surface area (Å²) in [4.78, 5) is 25.6. The van der Waals surface area contributed by atoms with Gasteiger partial charge in [0.1, 0.15) is 0 Å². The standard InChI is InChI=1S/C37H54O4/c1-26(2)17-11-7-5-9-13-22-30(36(38)39)33-25-29-21-15-19-28-20-16-24-31(34(28)29)35(33)32(37(40)41)23-14-10-6-8-12-18-27(3)4/h15-16,19-21,24-27,30,32,35H,5-14,17-18,22-23H2,1-4H3,(H,38,39)(H,40,41). The second-order valence-electron chi connectivity index (χ2n) is 13.2. The summed E-state index contributed by atoms with van der Waals surface area (Å²) in [7, 11) is 0. The van der Waals surface area contributed by atoms with Gasteiger partial charge in [0, 0.05) is 5.92 Å². The van der Waals surface area contributed by atoms with Crippen molar-refractivity contribution >= 4 is 28.8 Å². The molecule has 0 fully saturated rings. The van der Waals surface area contributed by atoms with Crippen molar-refractivity contribution in [3.63, 3.8) is 0 Å². The van der Waals surface area contributed by atoms with E-state index >= 15 is 0 Å². The lowest BCUT2D eigenvalue weighted by molar-refractivity contribution is -0.144. The quantitative estimate of drug-likeness (QED) is 0.157. The number of benzene rings is 2. The highest BCUT2D eigenvalue weighted by Crippen LogP contribution is 2.47. The largest absolute Gasteiger partial charge is 0.481 e. The SMILES string of the molecule is CC(C)CCCCCCCC(C(=O)O)C1=Cc2cccc3cccc(c23)C1C(CCCCCCCC(C)C)C(=O)O. The second kappa shape index (κ2) is 16.7. The molecule has 0 amide bonds. The Morgan fingerprint density at radius 3 is 1.71 bits per heavy atom. The Labute approximate surface area is 248 Å². The van der Waals surface area contributed by atoms with Crippen molar-refractivity contribution < 1.29 is 19.8 Å². The van der Waals surface area contributed by atoms with E-state index in [1.807, 2.05) is 30.3 Å². The first kappa shape index (κ1) is 32.9. The zero-order valence-electron chi connectivity index (χ0n) is 26.0. The van der Waals surface area contributed by atoms with Gasteiger partial charge in [0.25, 0.3) is 0 Å². The second-order valence-corrected chi connectivity index (χ2v) is 13.2. The van der Waals surface area contributed by atoms with Gasteiger partial charge in [-0.1, -0.05) is 147 Å². The van der Waals surface area contributed by atoms with E-state index in [4.69, 9.17) is 0 Å². The van der Waals surface area contributed by atoms with E-state index in [9.17, 15) is 19.8 Å². The average Bonchev–Trinajstić information content (AvgIpc) is 2.92. The van der Waals surface area contributed by atoms with Crippen LogP contribution in [0.3, 0.4) is 0 Å². The van der Waals surface area contributed by atoms with Crippen LogP contribution < -0.4 is 0 Å². The first-order valence-electron chi connectivity index (χ1n) is 16.4. The summed E-state index contributed by atoms with van der Waals surface area (Å²) in [6.45, 7) is 9.01. The molecule has 1 aliphatic carbocycles. The van der Waals surface area contributed by atoms with Gasteiger partial charge in [-0.3, -0.25) is 9.59 Å². The van der Waals surface area contributed by atoms with Crippen molar-refractivity contribution in [2.45, 2.75) is 124 Å². The molecule has 2 aromatic rings. The van der Waals surface area contributed by atoms with Crippen molar-refractivity contribution in [1.29, 1.82) is 0 Å². The normalized spacial score (nSPS) is 16.2. The van der Waals surface area contributed by atoms with Crippen LogP contribution in [0.15, 0.2) is 42.0 Å². The van der Waals surface area contributed by atoms with Gasteiger partial charge in [0.2, 0.25) is 0 Å². The van der Waals surface area contributed by atoms with E-state index in [-0.39, 0.29) is 0 Å². The van der Waals surface area contributed by atoms with Crippen LogP contribution in [0.1, 0.15) is 135 Å². The molecule has 0 radical (unpaired) electrons. The molecular formula is C37H54O4. The maximum Gasteiger partial charge on any atom is 0.310 e. The molecular weight excluding hydrogens is 508 g/mol. The van der Waals surface area contributed by atoms with Gasteiger partial charge >= 0.3 is 11.9 Å². The minimum Gasteiger partial charge on any atom is -0.481 e. The molecule has 226 valence electrons. The van der Waals surface area contributed by atoms with E-state index in [1.165, 1.54) is 38.5 Å². The van der Waals surface area contributed by atoms with E-state index in [0.717, 1.165) is 77.8 Å². The topological polar surface area (TPSA) is 74.6 Å². The van der Waals surface area contributed by atoms with Gasteiger partial charge in [-0.05, 0) is 52.1 Å². The maximum atomic E-state index is 12.8. The molecule has 0 aromatic heterocycles. The molecule has 2 aromatic carbocycles. The molecule has 2 N–H and O–H groups in total. The average molecular weight is 563 g/mol. The number of rotatable bonds is 20. The van der Waals surface area contributed by atoms with E-state index in [2.05, 4.69) is 39.8 Å². The number of unbranched alkanes of at least 4 members (excludes halogenated alkanes) is 8. The lowest BCUT2D eigenvalue weighted by atomic mass is 9.68. The summed E-state index contributed by atoms with van der Waals surface area (Å²) in [5.41, 5.74) is 2.78. The summed E-state index contributed by atoms with van der Waals surface area (Å²) in [5.74, 6) is -1.92. The van der Waals surface area contributed by atoms with Crippen LogP contribution in [0.5, 0.6) is 0 Å². The smallest absolute Gasteiger partial charge is 0.310 e. The van der Waals surface area contributed by atoms with Crippen molar-refractivity contribution in [2.24, 2.45) is 23.7 Å². The lowest BCUT2D eigenvalue weighted by Crippen LogP contribution is -2.30. The summed E-state index contributed by atoms with van der Waals surface area (Å²) in [5, 5.41) is 23.2.